The van der Waals surface area contributed by atoms with Crippen molar-refractivity contribution < 1.29 is 23.5 Å². The Kier molecular flexibility index (Phi) is 6.73. The maximum Gasteiger partial charge on any atom is 0.414 e. The summed E-state index contributed by atoms with van der Waals surface area (Å²) >= 11 is 1.29. The number of halogens is 1. The zero-order chi connectivity index (χ0) is 24.3. The van der Waals surface area contributed by atoms with Crippen LogP contribution in [0.3, 0.4) is 0 Å². The van der Waals surface area contributed by atoms with E-state index in [4.69, 9.17) is 9.47 Å². The van der Waals surface area contributed by atoms with Gasteiger partial charge in [-0.3, -0.25) is 9.88 Å². The molecule has 0 aliphatic carbocycles. The summed E-state index contributed by atoms with van der Waals surface area (Å²) in [6, 6.07) is 10.1. The van der Waals surface area contributed by atoms with Gasteiger partial charge in [0.25, 0.3) is 0 Å². The van der Waals surface area contributed by atoms with Crippen LogP contribution >= 0.6 is 11.3 Å². The average Bonchev–Trinajstić information content (AvgIpc) is 3.38. The minimum absolute atomic E-state index is 0.0849. The Morgan fingerprint density at radius 3 is 2.82 bits per heavy atom. The quantitative estimate of drug-likeness (QED) is 0.558. The van der Waals surface area contributed by atoms with E-state index in [2.05, 4.69) is 20.5 Å². The summed E-state index contributed by atoms with van der Waals surface area (Å²) in [5.41, 5.74) is 0.867. The molecule has 1 saturated heterocycles. The minimum Gasteiger partial charge on any atom is -0.444 e. The maximum absolute atomic E-state index is 14.9. The number of amides is 2. The summed E-state index contributed by atoms with van der Waals surface area (Å²) < 4.78 is 25.4. The van der Waals surface area contributed by atoms with Crippen molar-refractivity contribution in [3.63, 3.8) is 0 Å². The van der Waals surface area contributed by atoms with E-state index < -0.39 is 29.7 Å². The molecule has 1 aliphatic heterocycles. The van der Waals surface area contributed by atoms with Gasteiger partial charge in [-0.05, 0) is 51.1 Å². The molecule has 11 heteroatoms. The molecule has 1 atom stereocenters. The van der Waals surface area contributed by atoms with Crippen molar-refractivity contribution in [3.05, 3.63) is 59.1 Å². The number of pyridine rings is 1. The number of benzene rings is 1. The monoisotopic (exact) mass is 485 g/mol. The first kappa shape index (κ1) is 23.6. The van der Waals surface area contributed by atoms with Gasteiger partial charge in [0.15, 0.2) is 5.01 Å². The number of ether oxygens (including phenoxy) is 2. The molecule has 9 nitrogen and oxygen atoms in total. The van der Waals surface area contributed by atoms with Crippen LogP contribution in [-0.2, 0) is 15.9 Å². The van der Waals surface area contributed by atoms with Crippen LogP contribution in [-0.4, -0.2) is 52.2 Å². The van der Waals surface area contributed by atoms with Crippen molar-refractivity contribution >= 4 is 29.2 Å². The first-order valence-electron chi connectivity index (χ1n) is 10.6. The van der Waals surface area contributed by atoms with E-state index in [-0.39, 0.29) is 13.1 Å². The fraction of sp³-hybridized carbons (Fsp3) is 0.348. The topological polar surface area (TPSA) is 107 Å². The Balaban J connectivity index is 1.39. The number of alkyl carbamates (subject to hydrolysis) is 1. The van der Waals surface area contributed by atoms with Gasteiger partial charge in [-0.25, -0.2) is 14.0 Å². The largest absolute Gasteiger partial charge is 0.444 e. The molecule has 0 saturated carbocycles. The van der Waals surface area contributed by atoms with Gasteiger partial charge in [0, 0.05) is 23.9 Å². The summed E-state index contributed by atoms with van der Waals surface area (Å²) in [5.74, 6) is -0.527. The second-order valence-corrected chi connectivity index (χ2v) is 9.72. The third-order valence-corrected chi connectivity index (χ3v) is 5.72. The molecule has 1 aromatic carbocycles. The van der Waals surface area contributed by atoms with Gasteiger partial charge < -0.3 is 14.8 Å². The molecule has 0 spiro atoms. The number of hydrogen-bond acceptors (Lipinski definition) is 8. The van der Waals surface area contributed by atoms with Gasteiger partial charge in [-0.1, -0.05) is 17.4 Å². The highest BCUT2D eigenvalue weighted by Gasteiger charge is 2.33. The fourth-order valence-corrected chi connectivity index (χ4v) is 4.17. The molecular weight excluding hydrogens is 461 g/mol. The maximum atomic E-state index is 14.9. The number of nitrogens with one attached hydrogen (secondary N) is 1. The summed E-state index contributed by atoms with van der Waals surface area (Å²) in [6.45, 7) is 5.52. The van der Waals surface area contributed by atoms with Gasteiger partial charge in [-0.2, -0.15) is 0 Å². The average molecular weight is 486 g/mol. The van der Waals surface area contributed by atoms with Crippen molar-refractivity contribution in [1.82, 2.24) is 20.5 Å². The molecule has 1 fully saturated rings. The van der Waals surface area contributed by atoms with Crippen LogP contribution < -0.4 is 10.2 Å². The van der Waals surface area contributed by atoms with Crippen LogP contribution in [0.1, 0.15) is 31.5 Å². The minimum atomic E-state index is -0.631. The number of cyclic esters (lactones) is 1. The third-order valence-electron chi connectivity index (χ3n) is 4.77. The summed E-state index contributed by atoms with van der Waals surface area (Å²) in [5, 5.41) is 12.0. The lowest BCUT2D eigenvalue weighted by Crippen LogP contribution is -2.38. The highest BCUT2D eigenvalue weighted by molar-refractivity contribution is 7.14. The Morgan fingerprint density at radius 2 is 2.12 bits per heavy atom. The molecule has 2 aromatic heterocycles. The van der Waals surface area contributed by atoms with Gasteiger partial charge in [0.2, 0.25) is 0 Å². The SMILES string of the molecule is CC(C)(C)OC(=O)NC[C@H]1CN(c2ccc(-c3nnc(Cc4ccccn4)s3)c(F)c2)C(=O)O1. The first-order chi connectivity index (χ1) is 16.2. The summed E-state index contributed by atoms with van der Waals surface area (Å²) in [7, 11) is 0. The van der Waals surface area contributed by atoms with E-state index in [1.165, 1.54) is 22.3 Å². The number of carbonyl (C=O) groups is 2. The van der Waals surface area contributed by atoms with E-state index in [0.29, 0.717) is 22.7 Å². The smallest absolute Gasteiger partial charge is 0.414 e. The van der Waals surface area contributed by atoms with Crippen molar-refractivity contribution in [2.75, 3.05) is 18.0 Å². The second kappa shape index (κ2) is 9.72. The molecule has 0 bridgehead atoms. The Hall–Kier alpha value is -3.60. The molecule has 178 valence electrons. The van der Waals surface area contributed by atoms with Crippen molar-refractivity contribution in [2.45, 2.75) is 38.9 Å². The standard InChI is InChI=1S/C23H24FN5O4S/c1-23(2,3)33-21(30)26-12-16-13-29(22(31)32-16)15-7-8-17(18(24)11-15)20-28-27-19(34-20)10-14-6-4-5-9-25-14/h4-9,11,16H,10,12-13H2,1-3H3,(H,26,30)/t16-/m0/s1. The first-order valence-corrected chi connectivity index (χ1v) is 11.5. The molecule has 1 aliphatic rings. The van der Waals surface area contributed by atoms with E-state index >= 15 is 0 Å². The molecule has 3 aromatic rings. The van der Waals surface area contributed by atoms with E-state index in [1.807, 2.05) is 18.2 Å². The number of carbonyl (C=O) groups excluding carboxylic acids is 2. The third kappa shape index (κ3) is 5.84. The van der Waals surface area contributed by atoms with Crippen LogP contribution in [0.15, 0.2) is 42.6 Å². The Bertz CT molecular complexity index is 1180. The Labute approximate surface area is 199 Å². The molecule has 3 heterocycles. The zero-order valence-corrected chi connectivity index (χ0v) is 19.8. The van der Waals surface area contributed by atoms with Crippen LogP contribution in [0.2, 0.25) is 0 Å². The lowest BCUT2D eigenvalue weighted by Gasteiger charge is -2.20. The normalized spacial score (nSPS) is 15.8. The van der Waals surface area contributed by atoms with Crippen molar-refractivity contribution in [3.8, 4) is 10.6 Å². The highest BCUT2D eigenvalue weighted by atomic mass is 32.1. The lowest BCUT2D eigenvalue weighted by atomic mass is 10.2. The predicted octanol–water partition coefficient (Wildman–Crippen LogP) is 4.18. The fourth-order valence-electron chi connectivity index (χ4n) is 3.29. The molecule has 34 heavy (non-hydrogen) atoms. The number of aromatic nitrogens is 3. The lowest BCUT2D eigenvalue weighted by molar-refractivity contribution is 0.0496. The van der Waals surface area contributed by atoms with Crippen LogP contribution in [0.4, 0.5) is 19.7 Å². The predicted molar refractivity (Wildman–Crippen MR) is 124 cm³/mol. The van der Waals surface area contributed by atoms with Crippen LogP contribution in [0.25, 0.3) is 10.6 Å². The van der Waals surface area contributed by atoms with Gasteiger partial charge in [-0.15, -0.1) is 10.2 Å². The zero-order valence-electron chi connectivity index (χ0n) is 18.9. The van der Waals surface area contributed by atoms with Crippen molar-refractivity contribution in [1.29, 1.82) is 0 Å². The second-order valence-electron chi connectivity index (χ2n) is 8.66. The molecular formula is C23H24FN5O4S. The molecule has 2 amide bonds. The van der Waals surface area contributed by atoms with E-state index in [9.17, 15) is 14.0 Å². The summed E-state index contributed by atoms with van der Waals surface area (Å²) in [6.07, 6.45) is 0.418. The number of rotatable bonds is 6. The molecule has 0 unspecified atom stereocenters. The molecule has 1 N–H and O–H groups in total. The summed E-state index contributed by atoms with van der Waals surface area (Å²) in [4.78, 5) is 29.7. The highest BCUT2D eigenvalue weighted by Crippen LogP contribution is 2.31. The van der Waals surface area contributed by atoms with Crippen LogP contribution in [0.5, 0.6) is 0 Å². The molecule has 4 rings (SSSR count). The van der Waals surface area contributed by atoms with Gasteiger partial charge in [0.05, 0.1) is 18.8 Å². The number of hydrogen-bond donors (Lipinski definition) is 1. The Morgan fingerprint density at radius 1 is 1.29 bits per heavy atom. The van der Waals surface area contributed by atoms with Gasteiger partial charge in [0.1, 0.15) is 22.5 Å². The number of nitrogens with zero attached hydrogens (tertiary/aromatic N) is 4. The molecule has 0 radical (unpaired) electrons. The van der Waals surface area contributed by atoms with E-state index in [0.717, 1.165) is 10.7 Å². The van der Waals surface area contributed by atoms with Crippen LogP contribution in [0, 0.1) is 5.82 Å². The van der Waals surface area contributed by atoms with E-state index in [1.54, 1.807) is 39.1 Å². The van der Waals surface area contributed by atoms with Gasteiger partial charge >= 0.3 is 12.2 Å². The number of anilines is 1. The van der Waals surface area contributed by atoms with Crippen molar-refractivity contribution in [2.24, 2.45) is 0 Å².